The van der Waals surface area contributed by atoms with Gasteiger partial charge in [0.05, 0.1) is 16.5 Å². The van der Waals surface area contributed by atoms with Gasteiger partial charge in [-0.3, -0.25) is 4.79 Å². The molecule has 0 spiro atoms. The van der Waals surface area contributed by atoms with E-state index in [1.807, 2.05) is 0 Å². The Kier molecular flexibility index (Phi) is 3.93. The summed E-state index contributed by atoms with van der Waals surface area (Å²) in [6.45, 7) is 4.13. The first kappa shape index (κ1) is 16.6. The van der Waals surface area contributed by atoms with Gasteiger partial charge >= 0.3 is 0 Å². The molecule has 0 amide bonds. The van der Waals surface area contributed by atoms with Crippen molar-refractivity contribution in [3.8, 4) is 6.07 Å². The van der Waals surface area contributed by atoms with Gasteiger partial charge in [0, 0.05) is 22.5 Å². The monoisotopic (exact) mass is 364 g/mol. The van der Waals surface area contributed by atoms with Crippen LogP contribution in [0.15, 0.2) is 29.1 Å². The number of aromatic amines is 1. The third kappa shape index (κ3) is 2.83. The molecule has 0 aliphatic heterocycles. The van der Waals surface area contributed by atoms with E-state index in [4.69, 9.17) is 11.6 Å². The topological polar surface area (TPSA) is 74.5 Å². The molecule has 4 rings (SSSR count). The molecule has 1 aromatic carbocycles. The summed E-state index contributed by atoms with van der Waals surface area (Å²) in [4.78, 5) is 19.5. The lowest BCUT2D eigenvalue weighted by molar-refractivity contribution is 0.699. The molecule has 0 unspecified atom stereocenters. The molecule has 5 nitrogen and oxygen atoms in total. The van der Waals surface area contributed by atoms with Crippen LogP contribution in [0.2, 0.25) is 5.02 Å². The van der Waals surface area contributed by atoms with Crippen molar-refractivity contribution < 1.29 is 0 Å². The molecule has 1 N–H and O–H groups in total. The second kappa shape index (κ2) is 6.15. The number of fused-ring (bicyclic) bond motifs is 1. The van der Waals surface area contributed by atoms with Crippen LogP contribution in [-0.4, -0.2) is 14.5 Å². The van der Waals surface area contributed by atoms with E-state index in [1.54, 1.807) is 24.3 Å². The van der Waals surface area contributed by atoms with Gasteiger partial charge in [-0.25, -0.2) is 4.98 Å². The lowest BCUT2D eigenvalue weighted by Crippen LogP contribution is -2.11. The first-order valence-corrected chi connectivity index (χ1v) is 8.86. The van der Waals surface area contributed by atoms with Crippen LogP contribution in [-0.2, 0) is 0 Å². The van der Waals surface area contributed by atoms with Gasteiger partial charge in [0.2, 0.25) is 0 Å². The molecule has 1 fully saturated rings. The second-order valence-corrected chi connectivity index (χ2v) is 7.11. The number of hydrogen-bond acceptors (Lipinski definition) is 3. The van der Waals surface area contributed by atoms with Crippen molar-refractivity contribution >= 4 is 34.2 Å². The van der Waals surface area contributed by atoms with Gasteiger partial charge in [0.15, 0.2) is 5.82 Å². The van der Waals surface area contributed by atoms with E-state index in [0.717, 1.165) is 11.3 Å². The Bertz CT molecular complexity index is 1160. The van der Waals surface area contributed by atoms with Crippen molar-refractivity contribution in [2.75, 3.05) is 0 Å². The molecular weight excluding hydrogens is 348 g/mol. The van der Waals surface area contributed by atoms with Crippen LogP contribution in [0.3, 0.4) is 0 Å². The Morgan fingerprint density at radius 3 is 2.85 bits per heavy atom. The van der Waals surface area contributed by atoms with Gasteiger partial charge in [0.1, 0.15) is 6.07 Å². The molecule has 0 radical (unpaired) electrons. The van der Waals surface area contributed by atoms with Gasteiger partial charge in [-0.1, -0.05) is 11.6 Å². The van der Waals surface area contributed by atoms with Gasteiger partial charge in [-0.2, -0.15) is 5.26 Å². The summed E-state index contributed by atoms with van der Waals surface area (Å²) in [5.41, 5.74) is 3.79. The Labute approximate surface area is 155 Å². The first-order valence-electron chi connectivity index (χ1n) is 8.48. The molecule has 1 aliphatic rings. The molecule has 0 saturated heterocycles. The maximum absolute atomic E-state index is 12.3. The van der Waals surface area contributed by atoms with Gasteiger partial charge in [-0.05, 0) is 62.6 Å². The third-order valence-electron chi connectivity index (χ3n) is 4.78. The minimum absolute atomic E-state index is 0.253. The molecule has 0 atom stereocenters. The molecule has 2 aromatic heterocycles. The zero-order valence-corrected chi connectivity index (χ0v) is 15.3. The lowest BCUT2D eigenvalue weighted by Gasteiger charge is -2.07. The number of nitrogens with one attached hydrogen (secondary N) is 1. The highest BCUT2D eigenvalue weighted by atomic mass is 35.5. The first-order chi connectivity index (χ1) is 12.5. The SMILES string of the molecule is Cc1cc(/C=C(\C#N)c2nc3cc(Cl)ccc3c(=O)[nH]2)c(C)n1C1CC1. The van der Waals surface area contributed by atoms with Crippen LogP contribution in [0.25, 0.3) is 22.6 Å². The lowest BCUT2D eigenvalue weighted by atomic mass is 10.1. The smallest absolute Gasteiger partial charge is 0.259 e. The molecule has 1 aliphatic carbocycles. The van der Waals surface area contributed by atoms with Crippen LogP contribution >= 0.6 is 11.6 Å². The number of aryl methyl sites for hydroxylation is 1. The normalized spacial score (nSPS) is 14.6. The molecule has 3 aromatic rings. The molecular formula is C20H17ClN4O. The number of nitrogens with zero attached hydrogens (tertiary/aromatic N) is 3. The van der Waals surface area contributed by atoms with E-state index in [9.17, 15) is 10.1 Å². The minimum atomic E-state index is -0.286. The summed E-state index contributed by atoms with van der Waals surface area (Å²) in [6.07, 6.45) is 4.19. The van der Waals surface area contributed by atoms with Gasteiger partial charge in [-0.15, -0.1) is 0 Å². The third-order valence-corrected chi connectivity index (χ3v) is 5.01. The van der Waals surface area contributed by atoms with Crippen molar-refractivity contribution in [1.82, 2.24) is 14.5 Å². The quantitative estimate of drug-likeness (QED) is 0.700. The Hall–Kier alpha value is -2.84. The van der Waals surface area contributed by atoms with Crippen molar-refractivity contribution in [1.29, 1.82) is 5.26 Å². The summed E-state index contributed by atoms with van der Waals surface area (Å²) < 4.78 is 2.32. The number of aromatic nitrogens is 3. The van der Waals surface area contributed by atoms with E-state index < -0.39 is 0 Å². The highest BCUT2D eigenvalue weighted by molar-refractivity contribution is 6.31. The fourth-order valence-electron chi connectivity index (χ4n) is 3.39. The zero-order valence-electron chi connectivity index (χ0n) is 14.5. The summed E-state index contributed by atoms with van der Waals surface area (Å²) in [6, 6.07) is 9.71. The summed E-state index contributed by atoms with van der Waals surface area (Å²) in [5.74, 6) is 0.253. The molecule has 130 valence electrons. The number of allylic oxidation sites excluding steroid dienone is 1. The van der Waals surface area contributed by atoms with E-state index in [0.29, 0.717) is 27.5 Å². The standard InChI is InChI=1S/C20H17ClN4O/c1-11-7-13(12(2)25(11)16-4-5-16)8-14(10-22)19-23-18-9-15(21)3-6-17(18)20(26)24-19/h3,6-9,16H,4-5H2,1-2H3,(H,23,24,26)/b14-8+. The van der Waals surface area contributed by atoms with Crippen LogP contribution in [0.4, 0.5) is 0 Å². The van der Waals surface area contributed by atoms with Crippen LogP contribution < -0.4 is 5.56 Å². The number of benzene rings is 1. The highest BCUT2D eigenvalue weighted by Crippen LogP contribution is 2.38. The van der Waals surface area contributed by atoms with Crippen molar-refractivity contribution in [2.24, 2.45) is 0 Å². The van der Waals surface area contributed by atoms with Gasteiger partial charge < -0.3 is 9.55 Å². The fourth-order valence-corrected chi connectivity index (χ4v) is 3.56. The fraction of sp³-hybridized carbons (Fsp3) is 0.250. The maximum Gasteiger partial charge on any atom is 0.259 e. The van der Waals surface area contributed by atoms with Crippen LogP contribution in [0, 0.1) is 25.2 Å². The Morgan fingerprint density at radius 1 is 1.38 bits per heavy atom. The zero-order chi connectivity index (χ0) is 18.4. The number of H-pyrrole nitrogens is 1. The highest BCUT2D eigenvalue weighted by Gasteiger charge is 2.26. The van der Waals surface area contributed by atoms with E-state index in [1.165, 1.54) is 18.5 Å². The number of rotatable bonds is 3. The second-order valence-electron chi connectivity index (χ2n) is 6.67. The number of halogens is 1. The summed E-state index contributed by atoms with van der Waals surface area (Å²) in [5, 5.41) is 10.6. The van der Waals surface area contributed by atoms with Crippen molar-refractivity contribution in [3.63, 3.8) is 0 Å². The predicted molar refractivity (Wildman–Crippen MR) is 103 cm³/mol. The summed E-state index contributed by atoms with van der Waals surface area (Å²) in [7, 11) is 0. The van der Waals surface area contributed by atoms with Crippen molar-refractivity contribution in [3.05, 3.63) is 62.4 Å². The molecule has 1 saturated carbocycles. The van der Waals surface area contributed by atoms with Crippen LogP contribution in [0.1, 0.15) is 41.7 Å². The average Bonchev–Trinajstić information content (AvgIpc) is 3.38. The molecule has 6 heteroatoms. The summed E-state index contributed by atoms with van der Waals surface area (Å²) >= 11 is 6.01. The Balaban J connectivity index is 1.84. The Morgan fingerprint density at radius 2 is 2.15 bits per heavy atom. The number of nitriles is 1. The van der Waals surface area contributed by atoms with Gasteiger partial charge in [0.25, 0.3) is 5.56 Å². The number of hydrogen-bond donors (Lipinski definition) is 1. The average molecular weight is 365 g/mol. The van der Waals surface area contributed by atoms with Crippen LogP contribution in [0.5, 0.6) is 0 Å². The predicted octanol–water partition coefficient (Wildman–Crippen LogP) is 4.39. The molecule has 0 bridgehead atoms. The largest absolute Gasteiger partial charge is 0.346 e. The maximum atomic E-state index is 12.3. The molecule has 2 heterocycles. The van der Waals surface area contributed by atoms with E-state index in [-0.39, 0.29) is 11.4 Å². The minimum Gasteiger partial charge on any atom is -0.346 e. The molecule has 26 heavy (non-hydrogen) atoms. The van der Waals surface area contributed by atoms with Crippen molar-refractivity contribution in [2.45, 2.75) is 32.7 Å². The van der Waals surface area contributed by atoms with E-state index in [2.05, 4.69) is 40.5 Å². The van der Waals surface area contributed by atoms with E-state index >= 15 is 0 Å².